The van der Waals surface area contributed by atoms with Crippen molar-refractivity contribution in [3.8, 4) is 5.75 Å². The van der Waals surface area contributed by atoms with E-state index in [1.54, 1.807) is 19.1 Å². The van der Waals surface area contributed by atoms with Gasteiger partial charge >= 0.3 is 5.97 Å². The minimum absolute atomic E-state index is 0.124. The number of hydrogen-bond acceptors (Lipinski definition) is 5. The van der Waals surface area contributed by atoms with Crippen LogP contribution in [0, 0.1) is 0 Å². The van der Waals surface area contributed by atoms with Crippen LogP contribution in [0.4, 0.5) is 0 Å². The van der Waals surface area contributed by atoms with E-state index >= 15 is 0 Å². The van der Waals surface area contributed by atoms with E-state index in [4.69, 9.17) is 15.2 Å². The lowest BCUT2D eigenvalue weighted by Gasteiger charge is -2.17. The molecule has 0 amide bonds. The highest BCUT2D eigenvalue weighted by molar-refractivity contribution is 5.70. The van der Waals surface area contributed by atoms with E-state index < -0.39 is 5.97 Å². The number of nitrogens with two attached hydrogens (primary N) is 1. The van der Waals surface area contributed by atoms with Gasteiger partial charge in [0.25, 0.3) is 0 Å². The zero-order chi connectivity index (χ0) is 13.1. The van der Waals surface area contributed by atoms with Gasteiger partial charge in [0.2, 0.25) is 0 Å². The number of ether oxygens (including phenoxy) is 2. The van der Waals surface area contributed by atoms with Crippen LogP contribution in [0.15, 0.2) is 18.2 Å². The summed E-state index contributed by atoms with van der Waals surface area (Å²) in [5, 5.41) is 9.47. The number of benzene rings is 1. The van der Waals surface area contributed by atoms with Crippen molar-refractivity contribution < 1.29 is 19.4 Å². The molecule has 1 aliphatic carbocycles. The lowest BCUT2D eigenvalue weighted by Crippen LogP contribution is -2.28. The monoisotopic (exact) mass is 251 g/mol. The minimum Gasteiger partial charge on any atom is -0.508 e. The molecule has 1 aliphatic rings. The lowest BCUT2D eigenvalue weighted by atomic mass is 10.1. The Labute approximate surface area is 106 Å². The second kappa shape index (κ2) is 5.37. The highest BCUT2D eigenvalue weighted by Crippen LogP contribution is 2.35. The van der Waals surface area contributed by atoms with Gasteiger partial charge in [-0.05, 0) is 36.6 Å². The van der Waals surface area contributed by atoms with Gasteiger partial charge in [0.05, 0.1) is 12.7 Å². The van der Waals surface area contributed by atoms with Crippen molar-refractivity contribution in [2.45, 2.75) is 25.5 Å². The fourth-order valence-electron chi connectivity index (χ4n) is 2.20. The van der Waals surface area contributed by atoms with Crippen molar-refractivity contribution in [1.29, 1.82) is 0 Å². The molecule has 0 heterocycles. The van der Waals surface area contributed by atoms with Crippen LogP contribution in [0.25, 0.3) is 0 Å². The van der Waals surface area contributed by atoms with Gasteiger partial charge in [0.1, 0.15) is 12.4 Å². The van der Waals surface area contributed by atoms with Gasteiger partial charge < -0.3 is 20.3 Å². The summed E-state index contributed by atoms with van der Waals surface area (Å²) in [6.07, 6.45) is 0.319. The Morgan fingerprint density at radius 1 is 1.56 bits per heavy atom. The molecule has 18 heavy (non-hydrogen) atoms. The summed E-state index contributed by atoms with van der Waals surface area (Å²) in [4.78, 5) is 11.2. The van der Waals surface area contributed by atoms with Gasteiger partial charge in [0.15, 0.2) is 0 Å². The molecule has 0 aromatic heterocycles. The average Bonchev–Trinajstić information content (AvgIpc) is 2.62. The van der Waals surface area contributed by atoms with Gasteiger partial charge in [-0.15, -0.1) is 0 Å². The van der Waals surface area contributed by atoms with E-state index in [0.29, 0.717) is 13.0 Å². The third-order valence-electron chi connectivity index (χ3n) is 2.97. The molecule has 0 radical (unpaired) electrons. The lowest BCUT2D eigenvalue weighted by molar-refractivity contribution is -0.150. The van der Waals surface area contributed by atoms with Crippen LogP contribution in [-0.2, 0) is 20.7 Å². The van der Waals surface area contributed by atoms with E-state index in [1.165, 1.54) is 0 Å². The van der Waals surface area contributed by atoms with Crippen LogP contribution in [0.2, 0.25) is 0 Å². The average molecular weight is 251 g/mol. The predicted octanol–water partition coefficient (Wildman–Crippen LogP) is 0.896. The molecule has 0 aliphatic heterocycles. The topological polar surface area (TPSA) is 81.8 Å². The molecule has 3 N–H and O–H groups in total. The zero-order valence-electron chi connectivity index (χ0n) is 10.3. The molecule has 2 atom stereocenters. The highest BCUT2D eigenvalue weighted by Gasteiger charge is 2.31. The number of rotatable bonds is 4. The molecule has 2 rings (SSSR count). The van der Waals surface area contributed by atoms with Gasteiger partial charge in [-0.1, -0.05) is 6.07 Å². The Hall–Kier alpha value is -1.59. The van der Waals surface area contributed by atoms with E-state index in [-0.39, 0.29) is 24.5 Å². The van der Waals surface area contributed by atoms with E-state index in [1.807, 2.05) is 6.07 Å². The number of carbonyl (C=O) groups excluding carboxylic acids is 1. The molecular formula is C13H17NO4. The number of aromatic hydroxyl groups is 1. The SMILES string of the molecule is CCOC(=O)COC1c2cc(O)ccc2CC1N. The highest BCUT2D eigenvalue weighted by atomic mass is 16.6. The summed E-state index contributed by atoms with van der Waals surface area (Å²) >= 11 is 0. The van der Waals surface area contributed by atoms with E-state index in [9.17, 15) is 9.90 Å². The Kier molecular flexibility index (Phi) is 3.84. The molecule has 0 saturated carbocycles. The van der Waals surface area contributed by atoms with Gasteiger partial charge in [-0.2, -0.15) is 0 Å². The van der Waals surface area contributed by atoms with Gasteiger partial charge in [-0.25, -0.2) is 4.79 Å². The van der Waals surface area contributed by atoms with Crippen LogP contribution in [-0.4, -0.2) is 30.3 Å². The number of hydrogen-bond donors (Lipinski definition) is 2. The summed E-state index contributed by atoms with van der Waals surface area (Å²) in [7, 11) is 0. The first kappa shape index (κ1) is 12.9. The third kappa shape index (κ3) is 2.63. The molecule has 0 bridgehead atoms. The van der Waals surface area contributed by atoms with Crippen LogP contribution in [0.3, 0.4) is 0 Å². The Bertz CT molecular complexity index is 447. The number of fused-ring (bicyclic) bond motifs is 1. The maximum Gasteiger partial charge on any atom is 0.332 e. The van der Waals surface area contributed by atoms with Gasteiger partial charge in [-0.3, -0.25) is 0 Å². The Morgan fingerprint density at radius 3 is 3.06 bits per heavy atom. The molecule has 1 aromatic carbocycles. The Balaban J connectivity index is 2.05. The van der Waals surface area contributed by atoms with Crippen molar-refractivity contribution in [3.05, 3.63) is 29.3 Å². The number of phenolic OH excluding ortho intramolecular Hbond substituents is 1. The smallest absolute Gasteiger partial charge is 0.332 e. The van der Waals surface area contributed by atoms with E-state index in [2.05, 4.69) is 0 Å². The maximum absolute atomic E-state index is 11.2. The van der Waals surface area contributed by atoms with Crippen LogP contribution < -0.4 is 5.73 Å². The van der Waals surface area contributed by atoms with E-state index in [0.717, 1.165) is 11.1 Å². The van der Waals surface area contributed by atoms with Crippen molar-refractivity contribution in [3.63, 3.8) is 0 Å². The molecular weight excluding hydrogens is 234 g/mol. The first-order valence-electron chi connectivity index (χ1n) is 5.96. The van der Waals surface area contributed by atoms with Crippen molar-refractivity contribution in [2.75, 3.05) is 13.2 Å². The van der Waals surface area contributed by atoms with Crippen LogP contribution in [0.1, 0.15) is 24.2 Å². The molecule has 0 saturated heterocycles. The van der Waals surface area contributed by atoms with Crippen molar-refractivity contribution >= 4 is 5.97 Å². The maximum atomic E-state index is 11.2. The normalized spacial score (nSPS) is 21.7. The second-order valence-corrected chi connectivity index (χ2v) is 4.29. The molecule has 98 valence electrons. The minimum atomic E-state index is -0.404. The van der Waals surface area contributed by atoms with Crippen LogP contribution >= 0.6 is 0 Å². The van der Waals surface area contributed by atoms with Crippen molar-refractivity contribution in [1.82, 2.24) is 0 Å². The number of carbonyl (C=O) groups is 1. The molecule has 1 aromatic rings. The summed E-state index contributed by atoms with van der Waals surface area (Å²) in [6.45, 7) is 1.95. The number of phenols is 1. The first-order chi connectivity index (χ1) is 8.61. The summed E-state index contributed by atoms with van der Waals surface area (Å²) in [6, 6.07) is 4.89. The quantitative estimate of drug-likeness (QED) is 0.777. The summed E-state index contributed by atoms with van der Waals surface area (Å²) in [5.74, 6) is -0.231. The second-order valence-electron chi connectivity index (χ2n) is 4.29. The standard InChI is InChI=1S/C13H17NO4/c1-2-17-12(16)7-18-13-10-6-9(15)4-3-8(10)5-11(13)14/h3-4,6,11,13,15H,2,5,7,14H2,1H3. The first-order valence-corrected chi connectivity index (χ1v) is 5.96. The molecule has 2 unspecified atom stereocenters. The summed E-state index contributed by atoms with van der Waals surface area (Å²) in [5.41, 5.74) is 7.88. The molecule has 0 spiro atoms. The predicted molar refractivity (Wildman–Crippen MR) is 65.1 cm³/mol. The largest absolute Gasteiger partial charge is 0.508 e. The molecule has 5 nitrogen and oxygen atoms in total. The summed E-state index contributed by atoms with van der Waals surface area (Å²) < 4.78 is 10.3. The fraction of sp³-hybridized carbons (Fsp3) is 0.462. The van der Waals surface area contributed by atoms with Gasteiger partial charge in [0, 0.05) is 6.04 Å². The molecule has 0 fully saturated rings. The number of esters is 1. The fourth-order valence-corrected chi connectivity index (χ4v) is 2.20. The zero-order valence-corrected chi connectivity index (χ0v) is 10.3. The third-order valence-corrected chi connectivity index (χ3v) is 2.97. The van der Waals surface area contributed by atoms with Crippen molar-refractivity contribution in [2.24, 2.45) is 5.73 Å². The van der Waals surface area contributed by atoms with Crippen LogP contribution in [0.5, 0.6) is 5.75 Å². The Morgan fingerprint density at radius 2 is 2.33 bits per heavy atom. The molecule has 5 heteroatoms.